The zero-order valence-corrected chi connectivity index (χ0v) is 31.4. The summed E-state index contributed by atoms with van der Waals surface area (Å²) < 4.78 is 12.6. The maximum absolute atomic E-state index is 13.1. The first-order valence-corrected chi connectivity index (χ1v) is 20.0. The highest BCUT2D eigenvalue weighted by atomic mass is 16.5. The molecule has 4 aromatic carbocycles. The Bertz CT molecular complexity index is 2050. The number of hydrogen-bond donors (Lipinski definition) is 2. The molecule has 4 aromatic rings. The number of phenols is 1. The van der Waals surface area contributed by atoms with Crippen LogP contribution in [0.4, 0.5) is 0 Å². The molecule has 9 heteroatoms. The maximum Gasteiger partial charge on any atom is 0.255 e. The van der Waals surface area contributed by atoms with Crippen molar-refractivity contribution in [3.05, 3.63) is 137 Å². The summed E-state index contributed by atoms with van der Waals surface area (Å²) in [5.41, 5.74) is 7.50. The monoisotopic (exact) mass is 738 g/mol. The molecule has 1 saturated carbocycles. The third-order valence-electron chi connectivity index (χ3n) is 12.6. The Kier molecular flexibility index (Phi) is 9.83. The van der Waals surface area contributed by atoms with Gasteiger partial charge in [0.1, 0.15) is 36.0 Å². The van der Waals surface area contributed by atoms with Gasteiger partial charge in [-0.3, -0.25) is 19.4 Å². The van der Waals surface area contributed by atoms with Gasteiger partial charge >= 0.3 is 0 Å². The molecule has 0 bridgehead atoms. The van der Waals surface area contributed by atoms with Gasteiger partial charge < -0.3 is 24.8 Å². The summed E-state index contributed by atoms with van der Waals surface area (Å²) in [5, 5.41) is 13.0. The molecule has 3 aliphatic heterocycles. The quantitative estimate of drug-likeness (QED) is 0.189. The van der Waals surface area contributed by atoms with Gasteiger partial charge in [0.2, 0.25) is 5.91 Å². The predicted molar refractivity (Wildman–Crippen MR) is 211 cm³/mol. The number of aryl methyl sites for hydroxylation is 1. The van der Waals surface area contributed by atoms with E-state index in [-0.39, 0.29) is 23.8 Å². The smallest absolute Gasteiger partial charge is 0.255 e. The number of fused-ring (bicyclic) bond motifs is 2. The molecule has 0 aromatic heterocycles. The number of allylic oxidation sites excluding steroid dienone is 1. The van der Waals surface area contributed by atoms with E-state index in [4.69, 9.17) is 9.47 Å². The molecule has 3 heterocycles. The number of amides is 2. The molecule has 2 saturated heterocycles. The molecule has 9 rings (SSSR count). The van der Waals surface area contributed by atoms with E-state index in [9.17, 15) is 14.7 Å². The second kappa shape index (κ2) is 15.2. The summed E-state index contributed by atoms with van der Waals surface area (Å²) in [6.07, 6.45) is 5.50. The van der Waals surface area contributed by atoms with Crippen molar-refractivity contribution < 1.29 is 24.2 Å². The van der Waals surface area contributed by atoms with Crippen LogP contribution in [0.5, 0.6) is 17.2 Å². The molecule has 2 N–H and O–H groups in total. The summed E-state index contributed by atoms with van der Waals surface area (Å²) in [4.78, 5) is 32.4. The molecule has 284 valence electrons. The van der Waals surface area contributed by atoms with Gasteiger partial charge in [0.25, 0.3) is 5.91 Å². The van der Waals surface area contributed by atoms with E-state index in [1.807, 2.05) is 30.3 Å². The highest BCUT2D eigenvalue weighted by Gasteiger charge is 2.40. The van der Waals surface area contributed by atoms with Gasteiger partial charge in [0, 0.05) is 75.3 Å². The number of hydrogen-bond acceptors (Lipinski definition) is 7. The Hall–Kier alpha value is -5.12. The van der Waals surface area contributed by atoms with Crippen LogP contribution >= 0.6 is 0 Å². The Labute approximate surface area is 323 Å². The molecule has 3 atom stereocenters. The molecule has 5 aliphatic rings. The molecule has 0 spiro atoms. The van der Waals surface area contributed by atoms with Crippen molar-refractivity contribution in [1.29, 1.82) is 0 Å². The lowest BCUT2D eigenvalue weighted by molar-refractivity contribution is -0.126. The maximum atomic E-state index is 13.1. The van der Waals surface area contributed by atoms with Crippen molar-refractivity contribution in [2.45, 2.75) is 75.1 Å². The number of rotatable bonds is 10. The van der Waals surface area contributed by atoms with Gasteiger partial charge in [-0.05, 0) is 102 Å². The SMILES string of the molecule is C=C1CCC(N2Cc3cc(OC4CC(N5CCN(CCOc6ccc([C@@H]7c8ccc(O)cc8CC[C@@H]7c7ccccc7)cc6)CC5)C4)ccc3C2=O)C(=O)N1. The lowest BCUT2D eigenvalue weighted by Crippen LogP contribution is -2.56. The molecule has 9 nitrogen and oxygen atoms in total. The van der Waals surface area contributed by atoms with Crippen molar-refractivity contribution in [3.8, 4) is 17.2 Å². The normalized spacial score (nSPS) is 25.5. The van der Waals surface area contributed by atoms with Crippen LogP contribution < -0.4 is 14.8 Å². The number of benzene rings is 4. The first-order chi connectivity index (χ1) is 26.9. The fraction of sp³-hybridized carbons (Fsp3) is 0.391. The Balaban J connectivity index is 0.721. The first-order valence-electron chi connectivity index (χ1n) is 20.0. The van der Waals surface area contributed by atoms with Crippen molar-refractivity contribution in [2.75, 3.05) is 39.3 Å². The van der Waals surface area contributed by atoms with E-state index in [1.54, 1.807) is 4.90 Å². The van der Waals surface area contributed by atoms with Gasteiger partial charge in [-0.1, -0.05) is 55.1 Å². The molecule has 1 unspecified atom stereocenters. The van der Waals surface area contributed by atoms with Crippen molar-refractivity contribution >= 4 is 11.8 Å². The standard InChI is InChI=1S/C46H50N4O5/c1-30-7-18-43(45(52)47-30)50-29-34-26-38(14-17-42(34)46(50)53)55-39-27-35(28-39)49-21-19-48(20-22-49)23-24-54-37-12-8-32(9-13-37)44-40(31-5-3-2-4-6-31)15-10-33-25-36(51)11-16-41(33)44/h2-6,8-9,11-14,16-17,25-26,35,39-40,43-44,51H,1,7,10,15,18-24,27-29H2,(H,47,52)/t35?,39?,40-,43?,44+/m1/s1. The number of piperazine rings is 1. The second-order valence-electron chi connectivity index (χ2n) is 16.0. The number of carbonyl (C=O) groups excluding carboxylic acids is 2. The second-order valence-corrected chi connectivity index (χ2v) is 16.0. The third-order valence-corrected chi connectivity index (χ3v) is 12.6. The highest BCUT2D eigenvalue weighted by Crippen LogP contribution is 2.47. The lowest BCUT2D eigenvalue weighted by Gasteiger charge is -2.46. The van der Waals surface area contributed by atoms with Crippen LogP contribution in [-0.4, -0.2) is 89.1 Å². The van der Waals surface area contributed by atoms with E-state index < -0.39 is 6.04 Å². The number of aromatic hydroxyl groups is 1. The first kappa shape index (κ1) is 35.6. The predicted octanol–water partition coefficient (Wildman–Crippen LogP) is 6.61. The minimum absolute atomic E-state index is 0.0833. The highest BCUT2D eigenvalue weighted by molar-refractivity contribution is 6.01. The van der Waals surface area contributed by atoms with Crippen LogP contribution in [0.1, 0.15) is 82.1 Å². The largest absolute Gasteiger partial charge is 0.508 e. The van der Waals surface area contributed by atoms with E-state index >= 15 is 0 Å². The number of phenolic OH excluding ortho intramolecular Hbond substituents is 1. The fourth-order valence-corrected chi connectivity index (χ4v) is 9.52. The van der Waals surface area contributed by atoms with E-state index in [1.165, 1.54) is 22.3 Å². The molecule has 2 aliphatic carbocycles. The van der Waals surface area contributed by atoms with Gasteiger partial charge in [-0.25, -0.2) is 0 Å². The third kappa shape index (κ3) is 7.35. The number of carbonyl (C=O) groups is 2. The van der Waals surface area contributed by atoms with E-state index in [0.29, 0.717) is 55.0 Å². The number of ether oxygens (including phenoxy) is 2. The minimum atomic E-state index is -0.453. The van der Waals surface area contributed by atoms with Crippen LogP contribution in [-0.2, 0) is 17.8 Å². The molecule has 3 fully saturated rings. The summed E-state index contributed by atoms with van der Waals surface area (Å²) in [6, 6.07) is 31.2. The van der Waals surface area contributed by atoms with Gasteiger partial charge in [0.05, 0.1) is 0 Å². The topological polar surface area (TPSA) is 94.6 Å². The molecule has 55 heavy (non-hydrogen) atoms. The van der Waals surface area contributed by atoms with Crippen LogP contribution in [0.25, 0.3) is 0 Å². The summed E-state index contributed by atoms with van der Waals surface area (Å²) >= 11 is 0. The molecular weight excluding hydrogens is 689 g/mol. The van der Waals surface area contributed by atoms with Crippen molar-refractivity contribution in [3.63, 3.8) is 0 Å². The van der Waals surface area contributed by atoms with Crippen molar-refractivity contribution in [2.24, 2.45) is 0 Å². The Morgan fingerprint density at radius 1 is 0.800 bits per heavy atom. The van der Waals surface area contributed by atoms with Crippen LogP contribution in [0.3, 0.4) is 0 Å². The summed E-state index contributed by atoms with van der Waals surface area (Å²) in [6.45, 7) is 10.0. The Morgan fingerprint density at radius 2 is 1.58 bits per heavy atom. The zero-order valence-electron chi connectivity index (χ0n) is 31.4. The average molecular weight is 739 g/mol. The van der Waals surface area contributed by atoms with Crippen molar-refractivity contribution in [1.82, 2.24) is 20.0 Å². The van der Waals surface area contributed by atoms with E-state index in [2.05, 4.69) is 82.4 Å². The number of nitrogens with zero attached hydrogens (tertiary/aromatic N) is 3. The van der Waals surface area contributed by atoms with E-state index in [0.717, 1.165) is 75.5 Å². The average Bonchev–Trinajstić information content (AvgIpc) is 3.51. The van der Waals surface area contributed by atoms with Gasteiger partial charge in [-0.2, -0.15) is 0 Å². The fourth-order valence-electron chi connectivity index (χ4n) is 9.52. The number of nitrogens with one attached hydrogen (secondary N) is 1. The van der Waals surface area contributed by atoms with Crippen LogP contribution in [0.2, 0.25) is 0 Å². The molecule has 2 amide bonds. The van der Waals surface area contributed by atoms with Crippen LogP contribution in [0.15, 0.2) is 103 Å². The lowest BCUT2D eigenvalue weighted by atomic mass is 9.69. The van der Waals surface area contributed by atoms with Gasteiger partial charge in [0.15, 0.2) is 0 Å². The molecular formula is C46H50N4O5. The Morgan fingerprint density at radius 3 is 2.36 bits per heavy atom. The van der Waals surface area contributed by atoms with Crippen LogP contribution in [0, 0.1) is 0 Å². The summed E-state index contributed by atoms with van der Waals surface area (Å²) in [7, 11) is 0. The minimum Gasteiger partial charge on any atom is -0.508 e. The zero-order chi connectivity index (χ0) is 37.5. The summed E-state index contributed by atoms with van der Waals surface area (Å²) in [5.74, 6) is 2.42. The number of piperidine rings is 1. The molecule has 0 radical (unpaired) electrons. The van der Waals surface area contributed by atoms with Gasteiger partial charge in [-0.15, -0.1) is 0 Å².